The molecular weight excluding hydrogens is 241 g/mol. The minimum atomic E-state index is -4.39. The molecule has 0 atom stereocenters. The second-order valence-electron chi connectivity index (χ2n) is 5.50. The number of halogens is 3. The summed E-state index contributed by atoms with van der Waals surface area (Å²) in [7, 11) is 0. The Kier molecular flexibility index (Phi) is 2.68. The van der Waals surface area contributed by atoms with Crippen LogP contribution < -0.4 is 0 Å². The molecule has 0 unspecified atom stereocenters. The molecule has 98 valence electrons. The Morgan fingerprint density at radius 1 is 1.11 bits per heavy atom. The third-order valence-electron chi connectivity index (χ3n) is 2.84. The van der Waals surface area contributed by atoms with Gasteiger partial charge in [0.25, 0.3) is 0 Å². The standard InChI is InChI=1S/C13H15F3N2/c1-8-6-18-7-9(12(2,3)4)5-10(11(18)17-8)13(14,15)16/h5-7H,1-4H3. The Hall–Kier alpha value is -1.52. The molecule has 0 saturated heterocycles. The molecule has 0 saturated carbocycles. The summed E-state index contributed by atoms with van der Waals surface area (Å²) in [4.78, 5) is 3.95. The Labute approximate surface area is 103 Å². The van der Waals surface area contributed by atoms with Crippen LogP contribution in [0.1, 0.15) is 37.6 Å². The summed E-state index contributed by atoms with van der Waals surface area (Å²) in [5.41, 5.74) is 0.161. The fraction of sp³-hybridized carbons (Fsp3) is 0.462. The van der Waals surface area contributed by atoms with E-state index in [0.717, 1.165) is 0 Å². The van der Waals surface area contributed by atoms with Crippen molar-refractivity contribution in [2.75, 3.05) is 0 Å². The topological polar surface area (TPSA) is 17.3 Å². The Morgan fingerprint density at radius 2 is 1.72 bits per heavy atom. The molecule has 2 nitrogen and oxygen atoms in total. The number of aromatic nitrogens is 2. The van der Waals surface area contributed by atoms with E-state index in [2.05, 4.69) is 4.98 Å². The molecule has 0 spiro atoms. The lowest BCUT2D eigenvalue weighted by Gasteiger charge is -2.21. The Morgan fingerprint density at radius 3 is 2.22 bits per heavy atom. The van der Waals surface area contributed by atoms with Gasteiger partial charge in [-0.15, -0.1) is 0 Å². The smallest absolute Gasteiger partial charge is 0.306 e. The fourth-order valence-electron chi connectivity index (χ4n) is 1.84. The van der Waals surface area contributed by atoms with E-state index in [1.807, 2.05) is 20.8 Å². The number of rotatable bonds is 0. The number of hydrogen-bond donors (Lipinski definition) is 0. The van der Waals surface area contributed by atoms with Crippen molar-refractivity contribution in [3.05, 3.63) is 35.3 Å². The second-order valence-corrected chi connectivity index (χ2v) is 5.50. The molecule has 0 aliphatic rings. The molecule has 0 N–H and O–H groups in total. The average molecular weight is 256 g/mol. The lowest BCUT2D eigenvalue weighted by Crippen LogP contribution is -2.16. The van der Waals surface area contributed by atoms with Gasteiger partial charge < -0.3 is 4.40 Å². The summed E-state index contributed by atoms with van der Waals surface area (Å²) in [6, 6.07) is 1.20. The summed E-state index contributed by atoms with van der Waals surface area (Å²) in [6.07, 6.45) is -1.06. The van der Waals surface area contributed by atoms with Gasteiger partial charge in [0.2, 0.25) is 0 Å². The van der Waals surface area contributed by atoms with Gasteiger partial charge in [-0.2, -0.15) is 13.2 Å². The van der Waals surface area contributed by atoms with E-state index < -0.39 is 11.7 Å². The van der Waals surface area contributed by atoms with Crippen molar-refractivity contribution in [2.24, 2.45) is 0 Å². The molecule has 0 amide bonds. The van der Waals surface area contributed by atoms with Gasteiger partial charge in [-0.05, 0) is 24.0 Å². The number of imidazole rings is 1. The van der Waals surface area contributed by atoms with Crippen molar-refractivity contribution in [2.45, 2.75) is 39.3 Å². The molecule has 2 rings (SSSR count). The molecule has 18 heavy (non-hydrogen) atoms. The molecule has 2 aromatic heterocycles. The van der Waals surface area contributed by atoms with E-state index in [4.69, 9.17) is 0 Å². The van der Waals surface area contributed by atoms with Gasteiger partial charge in [0.15, 0.2) is 0 Å². The lowest BCUT2D eigenvalue weighted by molar-refractivity contribution is -0.136. The van der Waals surface area contributed by atoms with Gasteiger partial charge in [0.1, 0.15) is 5.65 Å². The number of hydrogen-bond acceptors (Lipinski definition) is 1. The first-order valence-corrected chi connectivity index (χ1v) is 5.66. The highest BCUT2D eigenvalue weighted by Crippen LogP contribution is 2.35. The van der Waals surface area contributed by atoms with Crippen molar-refractivity contribution in [1.82, 2.24) is 9.38 Å². The molecule has 2 heterocycles. The second kappa shape index (κ2) is 3.73. The maximum Gasteiger partial charge on any atom is 0.419 e. The van der Waals surface area contributed by atoms with E-state index >= 15 is 0 Å². The van der Waals surface area contributed by atoms with Crippen molar-refractivity contribution >= 4 is 5.65 Å². The Balaban J connectivity index is 2.81. The average Bonchev–Trinajstić information content (AvgIpc) is 2.52. The largest absolute Gasteiger partial charge is 0.419 e. The van der Waals surface area contributed by atoms with Crippen LogP contribution in [0.3, 0.4) is 0 Å². The minimum Gasteiger partial charge on any atom is -0.306 e. The van der Waals surface area contributed by atoms with Crippen molar-refractivity contribution < 1.29 is 13.2 Å². The molecular formula is C13H15F3N2. The van der Waals surface area contributed by atoms with E-state index in [1.54, 1.807) is 19.3 Å². The zero-order valence-corrected chi connectivity index (χ0v) is 10.8. The van der Waals surface area contributed by atoms with Crippen LogP contribution >= 0.6 is 0 Å². The van der Waals surface area contributed by atoms with Gasteiger partial charge in [-0.3, -0.25) is 0 Å². The van der Waals surface area contributed by atoms with Crippen molar-refractivity contribution in [3.8, 4) is 0 Å². The van der Waals surface area contributed by atoms with Crippen LogP contribution in [0.4, 0.5) is 13.2 Å². The van der Waals surface area contributed by atoms with E-state index in [1.165, 1.54) is 10.5 Å². The first-order chi connectivity index (χ1) is 8.09. The minimum absolute atomic E-state index is 0.0343. The van der Waals surface area contributed by atoms with Crippen LogP contribution in [-0.4, -0.2) is 9.38 Å². The predicted molar refractivity (Wildman–Crippen MR) is 63.6 cm³/mol. The summed E-state index contributed by atoms with van der Waals surface area (Å²) in [5.74, 6) is 0. The quantitative estimate of drug-likeness (QED) is 0.697. The molecule has 0 aliphatic heterocycles. The van der Waals surface area contributed by atoms with Crippen LogP contribution in [0.15, 0.2) is 18.5 Å². The first-order valence-electron chi connectivity index (χ1n) is 5.66. The highest BCUT2D eigenvalue weighted by Gasteiger charge is 2.35. The van der Waals surface area contributed by atoms with Gasteiger partial charge in [-0.25, -0.2) is 4.98 Å². The number of fused-ring (bicyclic) bond motifs is 1. The summed E-state index contributed by atoms with van der Waals surface area (Å²) in [6.45, 7) is 7.35. The SMILES string of the molecule is Cc1cn2cc(C(C)(C)C)cc(C(F)(F)F)c2n1. The van der Waals surface area contributed by atoms with Crippen LogP contribution in [0.5, 0.6) is 0 Å². The molecule has 2 aromatic rings. The van der Waals surface area contributed by atoms with Crippen LogP contribution in [-0.2, 0) is 11.6 Å². The Bertz CT molecular complexity index is 589. The van der Waals surface area contributed by atoms with Gasteiger partial charge in [-0.1, -0.05) is 20.8 Å². The zero-order chi connectivity index (χ0) is 13.7. The van der Waals surface area contributed by atoms with E-state index in [9.17, 15) is 13.2 Å². The summed E-state index contributed by atoms with van der Waals surface area (Å²) in [5, 5.41) is 0. The van der Waals surface area contributed by atoms with Crippen LogP contribution in [0, 0.1) is 6.92 Å². The fourth-order valence-corrected chi connectivity index (χ4v) is 1.84. The summed E-state index contributed by atoms with van der Waals surface area (Å²) >= 11 is 0. The highest BCUT2D eigenvalue weighted by atomic mass is 19.4. The third kappa shape index (κ3) is 2.21. The van der Waals surface area contributed by atoms with Crippen molar-refractivity contribution in [3.63, 3.8) is 0 Å². The van der Waals surface area contributed by atoms with Crippen molar-refractivity contribution in [1.29, 1.82) is 0 Å². The normalized spacial score (nSPS) is 13.3. The predicted octanol–water partition coefficient (Wildman–Crippen LogP) is 3.96. The molecule has 0 aliphatic carbocycles. The molecule has 0 fully saturated rings. The molecule has 0 bridgehead atoms. The van der Waals surface area contributed by atoms with E-state index in [-0.39, 0.29) is 11.1 Å². The highest BCUT2D eigenvalue weighted by molar-refractivity contribution is 5.52. The summed E-state index contributed by atoms with van der Waals surface area (Å²) < 4.78 is 40.6. The van der Waals surface area contributed by atoms with Gasteiger partial charge >= 0.3 is 6.18 Å². The first kappa shape index (κ1) is 12.9. The van der Waals surface area contributed by atoms with Gasteiger partial charge in [0, 0.05) is 12.4 Å². The zero-order valence-electron chi connectivity index (χ0n) is 10.8. The van der Waals surface area contributed by atoms with Gasteiger partial charge in [0.05, 0.1) is 11.3 Å². The monoisotopic (exact) mass is 256 g/mol. The number of nitrogens with zero attached hydrogens (tertiary/aromatic N) is 2. The molecule has 0 radical (unpaired) electrons. The number of pyridine rings is 1. The number of alkyl halides is 3. The van der Waals surface area contributed by atoms with Crippen LogP contribution in [0.2, 0.25) is 0 Å². The number of aryl methyl sites for hydroxylation is 1. The maximum absolute atomic E-state index is 13.0. The molecule has 0 aromatic carbocycles. The lowest BCUT2D eigenvalue weighted by atomic mass is 9.87. The molecule has 5 heteroatoms. The maximum atomic E-state index is 13.0. The van der Waals surface area contributed by atoms with E-state index in [0.29, 0.717) is 11.3 Å². The third-order valence-corrected chi connectivity index (χ3v) is 2.84. The van der Waals surface area contributed by atoms with Crippen LogP contribution in [0.25, 0.3) is 5.65 Å².